The SMILES string of the molecule is CNCC1CCCc2sc(-c3ccco3)nc21. The Bertz CT molecular complexity index is 489. The van der Waals surface area contributed by atoms with E-state index in [1.54, 1.807) is 17.6 Å². The van der Waals surface area contributed by atoms with E-state index >= 15 is 0 Å². The summed E-state index contributed by atoms with van der Waals surface area (Å²) in [5.41, 5.74) is 1.29. The average molecular weight is 248 g/mol. The van der Waals surface area contributed by atoms with E-state index in [-0.39, 0.29) is 0 Å². The number of thiazole rings is 1. The van der Waals surface area contributed by atoms with Crippen LogP contribution in [0.4, 0.5) is 0 Å². The maximum Gasteiger partial charge on any atom is 0.162 e. The molecule has 0 radical (unpaired) electrons. The van der Waals surface area contributed by atoms with E-state index in [1.807, 2.05) is 19.2 Å². The predicted octanol–water partition coefficient (Wildman–Crippen LogP) is 3.04. The fourth-order valence-electron chi connectivity index (χ4n) is 2.46. The number of aromatic nitrogens is 1. The second kappa shape index (κ2) is 4.63. The van der Waals surface area contributed by atoms with Crippen molar-refractivity contribution in [3.63, 3.8) is 0 Å². The largest absolute Gasteiger partial charge is 0.462 e. The van der Waals surface area contributed by atoms with Crippen molar-refractivity contribution in [1.29, 1.82) is 0 Å². The van der Waals surface area contributed by atoms with E-state index in [2.05, 4.69) is 5.32 Å². The summed E-state index contributed by atoms with van der Waals surface area (Å²) in [7, 11) is 2.01. The third-order valence-electron chi connectivity index (χ3n) is 3.25. The molecule has 4 heteroatoms. The van der Waals surface area contributed by atoms with E-state index in [1.165, 1.54) is 29.8 Å². The highest BCUT2D eigenvalue weighted by Crippen LogP contribution is 2.37. The summed E-state index contributed by atoms with van der Waals surface area (Å²) < 4.78 is 5.42. The Labute approximate surface area is 105 Å². The minimum atomic E-state index is 0.573. The topological polar surface area (TPSA) is 38.1 Å². The molecule has 3 nitrogen and oxygen atoms in total. The Hall–Kier alpha value is -1.13. The molecule has 0 aliphatic heterocycles. The Morgan fingerprint density at radius 1 is 1.59 bits per heavy atom. The molecular weight excluding hydrogens is 232 g/mol. The molecule has 0 saturated heterocycles. The lowest BCUT2D eigenvalue weighted by Gasteiger charge is -2.20. The molecule has 0 bridgehead atoms. The number of nitrogens with one attached hydrogen (secondary N) is 1. The molecule has 0 fully saturated rings. The van der Waals surface area contributed by atoms with Gasteiger partial charge in [-0.2, -0.15) is 0 Å². The van der Waals surface area contributed by atoms with Crippen LogP contribution < -0.4 is 5.32 Å². The Morgan fingerprint density at radius 2 is 2.53 bits per heavy atom. The van der Waals surface area contributed by atoms with Gasteiger partial charge < -0.3 is 9.73 Å². The van der Waals surface area contributed by atoms with Crippen molar-refractivity contribution in [3.8, 4) is 10.8 Å². The number of furan rings is 1. The summed E-state index contributed by atoms with van der Waals surface area (Å²) in [5, 5.41) is 4.29. The first kappa shape index (κ1) is 11.0. The fourth-order valence-corrected chi connectivity index (χ4v) is 3.62. The lowest BCUT2D eigenvalue weighted by molar-refractivity contribution is 0.522. The van der Waals surface area contributed by atoms with E-state index in [4.69, 9.17) is 9.40 Å². The van der Waals surface area contributed by atoms with Gasteiger partial charge in [-0.25, -0.2) is 4.98 Å². The molecule has 90 valence electrons. The summed E-state index contributed by atoms with van der Waals surface area (Å²) in [4.78, 5) is 6.23. The van der Waals surface area contributed by atoms with Gasteiger partial charge in [0.05, 0.1) is 12.0 Å². The molecule has 1 atom stereocenters. The van der Waals surface area contributed by atoms with E-state index in [9.17, 15) is 0 Å². The first-order valence-electron chi connectivity index (χ1n) is 6.06. The van der Waals surface area contributed by atoms with Gasteiger partial charge in [0.2, 0.25) is 0 Å². The highest BCUT2D eigenvalue weighted by Gasteiger charge is 2.24. The van der Waals surface area contributed by atoms with Crippen LogP contribution in [0.15, 0.2) is 22.8 Å². The Kier molecular flexibility index (Phi) is 2.99. The number of likely N-dealkylation sites (N-methyl/N-ethyl adjacent to an activating group) is 1. The van der Waals surface area contributed by atoms with Gasteiger partial charge in [0.25, 0.3) is 0 Å². The summed E-state index contributed by atoms with van der Waals surface area (Å²) in [6, 6.07) is 3.90. The number of aryl methyl sites for hydroxylation is 1. The van der Waals surface area contributed by atoms with Crippen LogP contribution in [0.1, 0.15) is 29.3 Å². The molecule has 17 heavy (non-hydrogen) atoms. The molecule has 0 spiro atoms. The average Bonchev–Trinajstić information content (AvgIpc) is 2.98. The van der Waals surface area contributed by atoms with Gasteiger partial charge in [-0.1, -0.05) is 0 Å². The minimum Gasteiger partial charge on any atom is -0.462 e. The molecule has 1 unspecified atom stereocenters. The molecule has 0 saturated carbocycles. The van der Waals surface area contributed by atoms with Gasteiger partial charge in [0.1, 0.15) is 0 Å². The maximum atomic E-state index is 5.42. The summed E-state index contributed by atoms with van der Waals surface area (Å²) in [5.74, 6) is 1.47. The molecule has 3 rings (SSSR count). The summed E-state index contributed by atoms with van der Waals surface area (Å²) in [6.45, 7) is 1.02. The van der Waals surface area contributed by atoms with Crippen LogP contribution in [0.2, 0.25) is 0 Å². The van der Waals surface area contributed by atoms with Gasteiger partial charge in [-0.05, 0) is 38.4 Å². The van der Waals surface area contributed by atoms with Crippen LogP contribution >= 0.6 is 11.3 Å². The Morgan fingerprint density at radius 3 is 3.29 bits per heavy atom. The van der Waals surface area contributed by atoms with Gasteiger partial charge in [0, 0.05) is 17.3 Å². The van der Waals surface area contributed by atoms with Crippen LogP contribution in [0, 0.1) is 0 Å². The summed E-state index contributed by atoms with van der Waals surface area (Å²) >= 11 is 1.79. The van der Waals surface area contributed by atoms with Crippen LogP contribution in [0.5, 0.6) is 0 Å². The molecule has 1 N–H and O–H groups in total. The second-order valence-corrected chi connectivity index (χ2v) is 5.54. The molecule has 1 aliphatic carbocycles. The molecule has 0 amide bonds. The van der Waals surface area contributed by atoms with Crippen molar-refractivity contribution in [2.45, 2.75) is 25.2 Å². The van der Waals surface area contributed by atoms with Gasteiger partial charge in [0.15, 0.2) is 10.8 Å². The number of fused-ring (bicyclic) bond motifs is 1. The lowest BCUT2D eigenvalue weighted by Crippen LogP contribution is -2.20. The molecule has 1 aliphatic rings. The van der Waals surface area contributed by atoms with Crippen LogP contribution in [0.25, 0.3) is 10.8 Å². The first-order chi connectivity index (χ1) is 8.38. The zero-order valence-electron chi connectivity index (χ0n) is 9.90. The molecule has 2 heterocycles. The van der Waals surface area contributed by atoms with Crippen molar-refractivity contribution in [2.24, 2.45) is 0 Å². The lowest BCUT2D eigenvalue weighted by atomic mass is 9.91. The van der Waals surface area contributed by atoms with Gasteiger partial charge >= 0.3 is 0 Å². The minimum absolute atomic E-state index is 0.573. The highest BCUT2D eigenvalue weighted by molar-refractivity contribution is 7.15. The van der Waals surface area contributed by atoms with E-state index in [0.717, 1.165) is 17.3 Å². The zero-order valence-corrected chi connectivity index (χ0v) is 10.7. The zero-order chi connectivity index (χ0) is 11.7. The Balaban J connectivity index is 1.96. The fraction of sp³-hybridized carbons (Fsp3) is 0.462. The third-order valence-corrected chi connectivity index (χ3v) is 4.40. The highest BCUT2D eigenvalue weighted by atomic mass is 32.1. The molecule has 2 aromatic heterocycles. The van der Waals surface area contributed by atoms with Crippen molar-refractivity contribution < 1.29 is 4.42 Å². The normalized spacial score (nSPS) is 19.2. The van der Waals surface area contributed by atoms with E-state index in [0.29, 0.717) is 5.92 Å². The molecular formula is C13H16N2OS. The molecule has 2 aromatic rings. The summed E-state index contributed by atoms with van der Waals surface area (Å²) in [6.07, 6.45) is 5.41. The third kappa shape index (κ3) is 2.03. The predicted molar refractivity (Wildman–Crippen MR) is 69.4 cm³/mol. The van der Waals surface area contributed by atoms with Crippen molar-refractivity contribution in [3.05, 3.63) is 29.0 Å². The monoisotopic (exact) mass is 248 g/mol. The first-order valence-corrected chi connectivity index (χ1v) is 6.88. The van der Waals surface area contributed by atoms with Crippen molar-refractivity contribution in [1.82, 2.24) is 10.3 Å². The van der Waals surface area contributed by atoms with Crippen molar-refractivity contribution >= 4 is 11.3 Å². The van der Waals surface area contributed by atoms with Gasteiger partial charge in [-0.15, -0.1) is 11.3 Å². The van der Waals surface area contributed by atoms with Crippen molar-refractivity contribution in [2.75, 3.05) is 13.6 Å². The maximum absolute atomic E-state index is 5.42. The second-order valence-electron chi connectivity index (χ2n) is 4.45. The number of rotatable bonds is 3. The number of hydrogen-bond acceptors (Lipinski definition) is 4. The number of nitrogens with zero attached hydrogens (tertiary/aromatic N) is 1. The van der Waals surface area contributed by atoms with Gasteiger partial charge in [-0.3, -0.25) is 0 Å². The van der Waals surface area contributed by atoms with Crippen LogP contribution in [-0.4, -0.2) is 18.6 Å². The van der Waals surface area contributed by atoms with Crippen LogP contribution in [-0.2, 0) is 6.42 Å². The quantitative estimate of drug-likeness (QED) is 0.907. The molecule has 0 aromatic carbocycles. The van der Waals surface area contributed by atoms with Crippen LogP contribution in [0.3, 0.4) is 0 Å². The number of hydrogen-bond donors (Lipinski definition) is 1. The standard InChI is InChI=1S/C13H16N2OS/c1-14-8-9-4-2-6-11-12(9)15-13(17-11)10-5-3-7-16-10/h3,5,7,9,14H,2,4,6,8H2,1H3. The smallest absolute Gasteiger partial charge is 0.162 e. The van der Waals surface area contributed by atoms with E-state index < -0.39 is 0 Å².